The van der Waals surface area contributed by atoms with Gasteiger partial charge in [0.2, 0.25) is 0 Å². The topological polar surface area (TPSA) is 12.0 Å². The molecule has 1 nitrogen and oxygen atoms in total. The first-order valence-electron chi connectivity index (χ1n) is 5.85. The van der Waals surface area contributed by atoms with Crippen LogP contribution in [0.3, 0.4) is 0 Å². The van der Waals surface area contributed by atoms with E-state index in [0.717, 1.165) is 13.0 Å². The van der Waals surface area contributed by atoms with Crippen molar-refractivity contribution in [1.29, 1.82) is 0 Å². The first-order chi connectivity index (χ1) is 7.74. The Hall–Kier alpha value is -0.760. The second kappa shape index (κ2) is 7.50. The molecule has 0 saturated carbocycles. The first kappa shape index (κ1) is 13.3. The van der Waals surface area contributed by atoms with Gasteiger partial charge in [0.15, 0.2) is 0 Å². The summed E-state index contributed by atoms with van der Waals surface area (Å²) >= 11 is 3.54. The lowest BCUT2D eigenvalue weighted by Crippen LogP contribution is -2.01. The van der Waals surface area contributed by atoms with Crippen molar-refractivity contribution >= 4 is 21.6 Å². The third-order valence-electron chi connectivity index (χ3n) is 2.59. The number of rotatable bonds is 7. The monoisotopic (exact) mass is 281 g/mol. The van der Waals surface area contributed by atoms with E-state index in [1.807, 2.05) is 6.08 Å². The lowest BCUT2D eigenvalue weighted by atomic mass is 10.2. The van der Waals surface area contributed by atoms with Gasteiger partial charge < -0.3 is 5.32 Å². The summed E-state index contributed by atoms with van der Waals surface area (Å²) in [7, 11) is 0. The molecule has 88 valence electrons. The van der Waals surface area contributed by atoms with Crippen LogP contribution in [-0.4, -0.2) is 6.54 Å². The minimum atomic E-state index is 1.05. The third kappa shape index (κ3) is 4.84. The summed E-state index contributed by atoms with van der Waals surface area (Å²) < 4.78 is 1.17. The van der Waals surface area contributed by atoms with Crippen LogP contribution in [0.25, 0.3) is 0 Å². The molecule has 16 heavy (non-hydrogen) atoms. The van der Waals surface area contributed by atoms with Crippen LogP contribution in [0, 0.1) is 6.92 Å². The van der Waals surface area contributed by atoms with E-state index in [4.69, 9.17) is 0 Å². The van der Waals surface area contributed by atoms with Crippen molar-refractivity contribution in [3.8, 4) is 0 Å². The van der Waals surface area contributed by atoms with Gasteiger partial charge in [-0.1, -0.05) is 34.5 Å². The molecule has 0 aromatic heterocycles. The molecule has 0 unspecified atom stereocenters. The molecule has 1 aromatic carbocycles. The summed E-state index contributed by atoms with van der Waals surface area (Å²) in [6, 6.07) is 6.40. The van der Waals surface area contributed by atoms with Crippen LogP contribution in [0.15, 0.2) is 35.3 Å². The Kier molecular flexibility index (Phi) is 6.24. The Morgan fingerprint density at radius 3 is 2.81 bits per heavy atom. The molecule has 0 heterocycles. The third-order valence-corrected chi connectivity index (χ3v) is 3.44. The number of aryl methyl sites for hydroxylation is 1. The largest absolute Gasteiger partial charge is 0.385 e. The molecule has 0 amide bonds. The highest BCUT2D eigenvalue weighted by atomic mass is 79.9. The summed E-state index contributed by atoms with van der Waals surface area (Å²) in [5, 5.41) is 3.43. The van der Waals surface area contributed by atoms with Gasteiger partial charge in [0.25, 0.3) is 0 Å². The number of halogens is 1. The zero-order valence-corrected chi connectivity index (χ0v) is 11.5. The molecule has 0 saturated heterocycles. The van der Waals surface area contributed by atoms with E-state index in [1.54, 1.807) is 0 Å². The second-order valence-corrected chi connectivity index (χ2v) is 4.88. The van der Waals surface area contributed by atoms with Gasteiger partial charge in [0.1, 0.15) is 0 Å². The van der Waals surface area contributed by atoms with Gasteiger partial charge in [-0.3, -0.25) is 0 Å². The van der Waals surface area contributed by atoms with E-state index in [2.05, 4.69) is 52.9 Å². The van der Waals surface area contributed by atoms with Gasteiger partial charge in [-0.05, 0) is 43.9 Å². The van der Waals surface area contributed by atoms with Crippen LogP contribution in [0.4, 0.5) is 5.69 Å². The Balaban J connectivity index is 2.21. The van der Waals surface area contributed by atoms with Gasteiger partial charge in [0.05, 0.1) is 0 Å². The lowest BCUT2D eigenvalue weighted by Gasteiger charge is -2.07. The molecule has 0 aliphatic heterocycles. The average Bonchev–Trinajstić information content (AvgIpc) is 2.28. The Bertz CT molecular complexity index is 334. The van der Waals surface area contributed by atoms with Crippen LogP contribution < -0.4 is 5.32 Å². The number of hydrogen-bond donors (Lipinski definition) is 1. The van der Waals surface area contributed by atoms with Crippen molar-refractivity contribution < 1.29 is 0 Å². The number of anilines is 1. The van der Waals surface area contributed by atoms with Crippen LogP contribution in [0.2, 0.25) is 0 Å². The molecule has 0 spiro atoms. The quantitative estimate of drug-likeness (QED) is 0.553. The Labute approximate surface area is 107 Å². The van der Waals surface area contributed by atoms with E-state index in [-0.39, 0.29) is 0 Å². The molecule has 2 heteroatoms. The van der Waals surface area contributed by atoms with Crippen molar-refractivity contribution in [1.82, 2.24) is 0 Å². The highest BCUT2D eigenvalue weighted by Crippen LogP contribution is 2.20. The predicted molar refractivity (Wildman–Crippen MR) is 76.0 cm³/mol. The zero-order valence-electron chi connectivity index (χ0n) is 9.93. The fourth-order valence-corrected chi connectivity index (χ4v) is 1.90. The molecular formula is C14H20BrN. The summed E-state index contributed by atoms with van der Waals surface area (Å²) in [5.41, 5.74) is 2.47. The summed E-state index contributed by atoms with van der Waals surface area (Å²) in [6.07, 6.45) is 6.87. The lowest BCUT2D eigenvalue weighted by molar-refractivity contribution is 0.709. The molecule has 0 radical (unpaired) electrons. The summed E-state index contributed by atoms with van der Waals surface area (Å²) in [5.74, 6) is 0. The molecule has 0 bridgehead atoms. The van der Waals surface area contributed by atoms with E-state index >= 15 is 0 Å². The van der Waals surface area contributed by atoms with Crippen LogP contribution in [0.1, 0.15) is 31.2 Å². The van der Waals surface area contributed by atoms with E-state index in [9.17, 15) is 0 Å². The molecule has 0 atom stereocenters. The van der Waals surface area contributed by atoms with Gasteiger partial charge in [-0.2, -0.15) is 0 Å². The van der Waals surface area contributed by atoms with Gasteiger partial charge in [-0.25, -0.2) is 0 Å². The van der Waals surface area contributed by atoms with Crippen molar-refractivity contribution in [2.24, 2.45) is 0 Å². The maximum absolute atomic E-state index is 3.72. The minimum absolute atomic E-state index is 1.05. The maximum atomic E-state index is 3.72. The Morgan fingerprint density at radius 1 is 1.31 bits per heavy atom. The van der Waals surface area contributed by atoms with Gasteiger partial charge in [-0.15, -0.1) is 6.58 Å². The molecule has 1 aromatic rings. The summed E-state index contributed by atoms with van der Waals surface area (Å²) in [6.45, 7) is 6.87. The number of unbranched alkanes of at least 4 members (excludes halogenated alkanes) is 3. The number of hydrogen-bond acceptors (Lipinski definition) is 1. The summed E-state index contributed by atoms with van der Waals surface area (Å²) in [4.78, 5) is 0. The normalized spacial score (nSPS) is 10.1. The van der Waals surface area contributed by atoms with Crippen LogP contribution in [-0.2, 0) is 0 Å². The predicted octanol–water partition coefficient (Wildman–Crippen LogP) is 4.92. The van der Waals surface area contributed by atoms with E-state index in [0.29, 0.717) is 0 Å². The smallest absolute Gasteiger partial charge is 0.0351 e. The van der Waals surface area contributed by atoms with Crippen molar-refractivity contribution in [3.05, 3.63) is 40.9 Å². The average molecular weight is 282 g/mol. The van der Waals surface area contributed by atoms with Crippen molar-refractivity contribution in [3.63, 3.8) is 0 Å². The van der Waals surface area contributed by atoms with Gasteiger partial charge in [0, 0.05) is 16.7 Å². The molecule has 1 rings (SSSR count). The van der Waals surface area contributed by atoms with E-state index in [1.165, 1.54) is 35.0 Å². The fraction of sp³-hybridized carbons (Fsp3) is 0.429. The highest BCUT2D eigenvalue weighted by Gasteiger charge is 1.96. The minimum Gasteiger partial charge on any atom is -0.385 e. The van der Waals surface area contributed by atoms with E-state index < -0.39 is 0 Å². The zero-order chi connectivity index (χ0) is 11.8. The molecule has 0 aliphatic rings. The fourth-order valence-electron chi connectivity index (χ4n) is 1.53. The molecular weight excluding hydrogens is 262 g/mol. The SMILES string of the molecule is C=CCCCCCNc1ccc(C)c(Br)c1. The molecule has 1 N–H and O–H groups in total. The van der Waals surface area contributed by atoms with Gasteiger partial charge >= 0.3 is 0 Å². The molecule has 0 aliphatic carbocycles. The number of nitrogens with one attached hydrogen (secondary N) is 1. The standard InChI is InChI=1S/C14H20BrN/c1-3-4-5-6-7-10-16-13-9-8-12(2)14(15)11-13/h3,8-9,11,16H,1,4-7,10H2,2H3. The van der Waals surface area contributed by atoms with Crippen LogP contribution in [0.5, 0.6) is 0 Å². The van der Waals surface area contributed by atoms with Crippen molar-refractivity contribution in [2.45, 2.75) is 32.6 Å². The second-order valence-electron chi connectivity index (χ2n) is 4.03. The maximum Gasteiger partial charge on any atom is 0.0351 e. The Morgan fingerprint density at radius 2 is 2.12 bits per heavy atom. The van der Waals surface area contributed by atoms with Crippen LogP contribution >= 0.6 is 15.9 Å². The number of allylic oxidation sites excluding steroid dienone is 1. The molecule has 0 fully saturated rings. The highest BCUT2D eigenvalue weighted by molar-refractivity contribution is 9.10. The first-order valence-corrected chi connectivity index (χ1v) is 6.64. The number of benzene rings is 1. The van der Waals surface area contributed by atoms with Crippen molar-refractivity contribution in [2.75, 3.05) is 11.9 Å².